The summed E-state index contributed by atoms with van der Waals surface area (Å²) >= 11 is 0. The predicted molar refractivity (Wildman–Crippen MR) is 77.3 cm³/mol. The van der Waals surface area contributed by atoms with E-state index in [1.807, 2.05) is 30.5 Å². The van der Waals surface area contributed by atoms with Crippen LogP contribution in [0, 0.1) is 0 Å². The minimum Gasteiger partial charge on any atom is -0.256 e. The minimum atomic E-state index is 1.03. The summed E-state index contributed by atoms with van der Waals surface area (Å²) in [4.78, 5) is 4.51. The van der Waals surface area contributed by atoms with E-state index in [9.17, 15) is 0 Å². The van der Waals surface area contributed by atoms with Crippen molar-refractivity contribution in [3.8, 4) is 11.3 Å². The van der Waals surface area contributed by atoms with Crippen LogP contribution in [-0.4, -0.2) is 4.98 Å². The maximum Gasteiger partial charge on any atom is 0.0780 e. The van der Waals surface area contributed by atoms with Crippen LogP contribution in [-0.2, 0) is 0 Å². The van der Waals surface area contributed by atoms with Gasteiger partial charge in [-0.15, -0.1) is 0 Å². The number of aromatic nitrogens is 1. The van der Waals surface area contributed by atoms with Crippen molar-refractivity contribution >= 4 is 16.8 Å². The normalized spacial score (nSPS) is 10.4. The van der Waals surface area contributed by atoms with Gasteiger partial charge in [-0.05, 0) is 17.0 Å². The lowest BCUT2D eigenvalue weighted by molar-refractivity contribution is 1.36. The Morgan fingerprint density at radius 3 is 2.44 bits per heavy atom. The Balaban J connectivity index is 2.21. The number of hydrogen-bond acceptors (Lipinski definition) is 1. The van der Waals surface area contributed by atoms with E-state index in [4.69, 9.17) is 0 Å². The number of benzene rings is 2. The molecule has 0 fully saturated rings. The summed E-state index contributed by atoms with van der Waals surface area (Å²) in [5.41, 5.74) is 3.29. The Labute approximate surface area is 106 Å². The molecule has 1 aromatic heterocycles. The van der Waals surface area contributed by atoms with Gasteiger partial charge < -0.3 is 0 Å². The maximum absolute atomic E-state index is 4.51. The fraction of sp³-hybridized carbons (Fsp3) is 0. The van der Waals surface area contributed by atoms with Crippen LogP contribution in [0.15, 0.2) is 67.4 Å². The van der Waals surface area contributed by atoms with E-state index >= 15 is 0 Å². The van der Waals surface area contributed by atoms with Crippen molar-refractivity contribution in [1.82, 2.24) is 4.98 Å². The Bertz CT molecular complexity index is 691. The largest absolute Gasteiger partial charge is 0.256 e. The first-order valence-electron chi connectivity index (χ1n) is 5.95. The van der Waals surface area contributed by atoms with Gasteiger partial charge in [-0.1, -0.05) is 61.2 Å². The summed E-state index contributed by atoms with van der Waals surface area (Å²) in [6, 6.07) is 18.7. The average molecular weight is 231 g/mol. The zero-order valence-electron chi connectivity index (χ0n) is 10.0. The summed E-state index contributed by atoms with van der Waals surface area (Å²) in [5.74, 6) is 0. The van der Waals surface area contributed by atoms with E-state index in [0.717, 1.165) is 16.8 Å². The van der Waals surface area contributed by atoms with Gasteiger partial charge in [0.1, 0.15) is 0 Å². The van der Waals surface area contributed by atoms with Gasteiger partial charge in [-0.2, -0.15) is 0 Å². The van der Waals surface area contributed by atoms with E-state index in [0.29, 0.717) is 0 Å². The summed E-state index contributed by atoms with van der Waals surface area (Å²) in [7, 11) is 0. The molecule has 0 N–H and O–H groups in total. The number of fused-ring (bicyclic) bond motifs is 1. The van der Waals surface area contributed by atoms with Gasteiger partial charge >= 0.3 is 0 Å². The van der Waals surface area contributed by atoms with Crippen molar-refractivity contribution in [3.63, 3.8) is 0 Å². The van der Waals surface area contributed by atoms with Crippen LogP contribution >= 0.6 is 0 Å². The fourth-order valence-corrected chi connectivity index (χ4v) is 2.13. The van der Waals surface area contributed by atoms with Gasteiger partial charge in [0.25, 0.3) is 0 Å². The van der Waals surface area contributed by atoms with Crippen molar-refractivity contribution < 1.29 is 0 Å². The summed E-state index contributed by atoms with van der Waals surface area (Å²) in [6.45, 7) is 3.77. The lowest BCUT2D eigenvalue weighted by Gasteiger charge is -2.05. The average Bonchev–Trinajstić information content (AvgIpc) is 2.47. The van der Waals surface area contributed by atoms with Gasteiger partial charge in [0.05, 0.1) is 5.69 Å². The molecule has 0 saturated carbocycles. The molecule has 3 aromatic rings. The molecule has 18 heavy (non-hydrogen) atoms. The molecule has 0 spiro atoms. The van der Waals surface area contributed by atoms with Crippen molar-refractivity contribution in [3.05, 3.63) is 72.9 Å². The molecule has 0 aliphatic carbocycles. The third-order valence-electron chi connectivity index (χ3n) is 3.09. The molecular formula is C17H13N. The Kier molecular flexibility index (Phi) is 2.66. The first-order valence-corrected chi connectivity index (χ1v) is 5.95. The SMILES string of the molecule is C=Cc1ccc(-c2nccc3ccccc23)cc1. The molecule has 0 radical (unpaired) electrons. The van der Waals surface area contributed by atoms with Crippen molar-refractivity contribution in [2.45, 2.75) is 0 Å². The van der Waals surface area contributed by atoms with Crippen LogP contribution in [0.4, 0.5) is 0 Å². The molecule has 1 heterocycles. The van der Waals surface area contributed by atoms with Crippen molar-refractivity contribution in [2.75, 3.05) is 0 Å². The zero-order valence-corrected chi connectivity index (χ0v) is 10.0. The topological polar surface area (TPSA) is 12.9 Å². The van der Waals surface area contributed by atoms with Crippen LogP contribution in [0.3, 0.4) is 0 Å². The van der Waals surface area contributed by atoms with Crippen molar-refractivity contribution in [1.29, 1.82) is 0 Å². The molecule has 0 aliphatic rings. The van der Waals surface area contributed by atoms with E-state index in [2.05, 4.69) is 48.0 Å². The van der Waals surface area contributed by atoms with Crippen LogP contribution < -0.4 is 0 Å². The third kappa shape index (κ3) is 1.80. The monoisotopic (exact) mass is 231 g/mol. The highest BCUT2D eigenvalue weighted by atomic mass is 14.7. The first kappa shape index (κ1) is 10.7. The Morgan fingerprint density at radius 1 is 0.889 bits per heavy atom. The molecule has 0 aliphatic heterocycles. The fourth-order valence-electron chi connectivity index (χ4n) is 2.13. The molecule has 0 atom stereocenters. The van der Waals surface area contributed by atoms with E-state index in [1.165, 1.54) is 10.8 Å². The number of rotatable bonds is 2. The van der Waals surface area contributed by atoms with Crippen LogP contribution in [0.5, 0.6) is 0 Å². The van der Waals surface area contributed by atoms with Gasteiger partial charge in [0, 0.05) is 17.1 Å². The standard InChI is InChI=1S/C17H13N/c1-2-13-7-9-15(10-8-13)17-16-6-4-3-5-14(16)11-12-18-17/h2-12H,1H2. The second-order valence-electron chi connectivity index (χ2n) is 4.21. The number of hydrogen-bond donors (Lipinski definition) is 0. The summed E-state index contributed by atoms with van der Waals surface area (Å²) < 4.78 is 0. The molecule has 1 heteroatoms. The van der Waals surface area contributed by atoms with Crippen LogP contribution in [0.1, 0.15) is 5.56 Å². The molecule has 0 saturated heterocycles. The van der Waals surface area contributed by atoms with Gasteiger partial charge in [-0.25, -0.2) is 0 Å². The highest BCUT2D eigenvalue weighted by Gasteiger charge is 2.04. The minimum absolute atomic E-state index is 1.03. The lowest BCUT2D eigenvalue weighted by Crippen LogP contribution is -1.85. The van der Waals surface area contributed by atoms with Crippen molar-refractivity contribution in [2.24, 2.45) is 0 Å². The molecular weight excluding hydrogens is 218 g/mol. The molecule has 2 aromatic carbocycles. The van der Waals surface area contributed by atoms with E-state index < -0.39 is 0 Å². The lowest BCUT2D eigenvalue weighted by atomic mass is 10.0. The molecule has 86 valence electrons. The Morgan fingerprint density at radius 2 is 1.67 bits per heavy atom. The third-order valence-corrected chi connectivity index (χ3v) is 3.09. The second kappa shape index (κ2) is 4.46. The number of pyridine rings is 1. The van der Waals surface area contributed by atoms with Crippen LogP contribution in [0.25, 0.3) is 28.1 Å². The zero-order chi connectivity index (χ0) is 12.4. The van der Waals surface area contributed by atoms with E-state index in [-0.39, 0.29) is 0 Å². The molecule has 1 nitrogen and oxygen atoms in total. The van der Waals surface area contributed by atoms with E-state index in [1.54, 1.807) is 0 Å². The first-order chi connectivity index (χ1) is 8.88. The molecule has 0 unspecified atom stereocenters. The summed E-state index contributed by atoms with van der Waals surface area (Å²) in [5, 5.41) is 2.40. The Hall–Kier alpha value is -2.41. The molecule has 0 amide bonds. The predicted octanol–water partition coefficient (Wildman–Crippen LogP) is 4.54. The van der Waals surface area contributed by atoms with Crippen LogP contribution in [0.2, 0.25) is 0 Å². The van der Waals surface area contributed by atoms with Gasteiger partial charge in [0.15, 0.2) is 0 Å². The molecule has 0 bridgehead atoms. The van der Waals surface area contributed by atoms with Gasteiger partial charge in [-0.3, -0.25) is 4.98 Å². The quantitative estimate of drug-likeness (QED) is 0.630. The number of nitrogens with zero attached hydrogens (tertiary/aromatic N) is 1. The smallest absolute Gasteiger partial charge is 0.0780 e. The highest BCUT2D eigenvalue weighted by molar-refractivity contribution is 5.94. The molecule has 3 rings (SSSR count). The van der Waals surface area contributed by atoms with Gasteiger partial charge in [0.2, 0.25) is 0 Å². The second-order valence-corrected chi connectivity index (χ2v) is 4.21. The highest BCUT2D eigenvalue weighted by Crippen LogP contribution is 2.26. The summed E-state index contributed by atoms with van der Waals surface area (Å²) in [6.07, 6.45) is 3.71. The maximum atomic E-state index is 4.51.